The van der Waals surface area contributed by atoms with Gasteiger partial charge < -0.3 is 9.47 Å². The first kappa shape index (κ1) is 8.30. The maximum absolute atomic E-state index is 5.75. The second kappa shape index (κ2) is 2.74. The Morgan fingerprint density at radius 2 is 2.21 bits per heavy atom. The fourth-order valence-corrected chi connectivity index (χ4v) is 2.55. The highest BCUT2D eigenvalue weighted by molar-refractivity contribution is 5.43. The molecule has 2 heteroatoms. The van der Waals surface area contributed by atoms with Gasteiger partial charge in [0.05, 0.1) is 19.3 Å². The Labute approximate surface area is 83.8 Å². The van der Waals surface area contributed by atoms with Gasteiger partial charge in [-0.05, 0) is 36.1 Å². The topological polar surface area (TPSA) is 18.5 Å². The van der Waals surface area contributed by atoms with Crippen LogP contribution < -0.4 is 4.74 Å². The van der Waals surface area contributed by atoms with Crippen LogP contribution in [-0.2, 0) is 16.8 Å². The van der Waals surface area contributed by atoms with Crippen LogP contribution in [0.3, 0.4) is 0 Å². The fraction of sp³-hybridized carbons (Fsp3) is 0.500. The van der Waals surface area contributed by atoms with Gasteiger partial charge in [0.25, 0.3) is 0 Å². The first-order chi connectivity index (χ1) is 6.84. The summed E-state index contributed by atoms with van der Waals surface area (Å²) in [6.07, 6.45) is 3.47. The van der Waals surface area contributed by atoms with Crippen molar-refractivity contribution in [2.24, 2.45) is 0 Å². The Balaban J connectivity index is 2.08. The molecule has 14 heavy (non-hydrogen) atoms. The van der Waals surface area contributed by atoms with E-state index in [1.807, 2.05) is 6.07 Å². The molecule has 1 atom stereocenters. The van der Waals surface area contributed by atoms with E-state index in [9.17, 15) is 0 Å². The molecule has 0 radical (unpaired) electrons. The first-order valence-electron chi connectivity index (χ1n) is 5.15. The van der Waals surface area contributed by atoms with Crippen molar-refractivity contribution in [3.63, 3.8) is 0 Å². The van der Waals surface area contributed by atoms with E-state index in [2.05, 4.69) is 12.1 Å². The number of rotatable bonds is 1. The molecular weight excluding hydrogens is 176 g/mol. The predicted octanol–water partition coefficient (Wildman–Crippen LogP) is 2.26. The molecule has 1 unspecified atom stereocenters. The quantitative estimate of drug-likeness (QED) is 0.676. The van der Waals surface area contributed by atoms with Gasteiger partial charge in [-0.2, -0.15) is 0 Å². The van der Waals surface area contributed by atoms with E-state index in [0.717, 1.165) is 25.2 Å². The van der Waals surface area contributed by atoms with E-state index in [0.29, 0.717) is 0 Å². The third-order valence-corrected chi connectivity index (χ3v) is 3.49. The molecule has 2 nitrogen and oxygen atoms in total. The largest absolute Gasteiger partial charge is 0.497 e. The summed E-state index contributed by atoms with van der Waals surface area (Å²) >= 11 is 0. The molecule has 0 amide bonds. The third-order valence-electron chi connectivity index (χ3n) is 3.49. The minimum Gasteiger partial charge on any atom is -0.497 e. The normalized spacial score (nSPS) is 28.6. The summed E-state index contributed by atoms with van der Waals surface area (Å²) in [7, 11) is 1.71. The second-order valence-electron chi connectivity index (χ2n) is 4.12. The van der Waals surface area contributed by atoms with Crippen molar-refractivity contribution in [1.29, 1.82) is 0 Å². The highest BCUT2D eigenvalue weighted by Gasteiger charge is 2.45. The van der Waals surface area contributed by atoms with Gasteiger partial charge >= 0.3 is 0 Å². The number of ether oxygens (including phenoxy) is 2. The molecule has 74 valence electrons. The molecule has 1 spiro atoms. The van der Waals surface area contributed by atoms with Crippen molar-refractivity contribution in [1.82, 2.24) is 0 Å². The summed E-state index contributed by atoms with van der Waals surface area (Å²) in [4.78, 5) is 0. The predicted molar refractivity (Wildman–Crippen MR) is 53.6 cm³/mol. The van der Waals surface area contributed by atoms with E-state index in [4.69, 9.17) is 9.47 Å². The van der Waals surface area contributed by atoms with Gasteiger partial charge in [-0.1, -0.05) is 6.07 Å². The molecule has 0 bridgehead atoms. The molecular formula is C12H14O2. The average molecular weight is 190 g/mol. The van der Waals surface area contributed by atoms with Crippen LogP contribution in [0.4, 0.5) is 0 Å². The summed E-state index contributed by atoms with van der Waals surface area (Å²) in [5, 5.41) is 0. The van der Waals surface area contributed by atoms with E-state index in [-0.39, 0.29) is 5.60 Å². The number of benzene rings is 1. The molecule has 1 aromatic rings. The third kappa shape index (κ3) is 0.947. The minimum atomic E-state index is 0.0594. The van der Waals surface area contributed by atoms with Crippen LogP contribution in [0.5, 0.6) is 5.75 Å². The fourth-order valence-electron chi connectivity index (χ4n) is 2.55. The van der Waals surface area contributed by atoms with Crippen molar-refractivity contribution in [2.45, 2.75) is 24.9 Å². The van der Waals surface area contributed by atoms with Gasteiger partial charge in [0.15, 0.2) is 0 Å². The Bertz CT molecular complexity index is 367. The molecule has 2 aliphatic rings. The van der Waals surface area contributed by atoms with Gasteiger partial charge in [-0.15, -0.1) is 0 Å². The van der Waals surface area contributed by atoms with Gasteiger partial charge in [0.2, 0.25) is 0 Å². The molecule has 1 fully saturated rings. The molecule has 0 aromatic heterocycles. The molecule has 1 saturated heterocycles. The summed E-state index contributed by atoms with van der Waals surface area (Å²) < 4.78 is 11.0. The highest BCUT2D eigenvalue weighted by atomic mass is 16.5. The number of aryl methyl sites for hydroxylation is 1. The maximum Gasteiger partial charge on any atom is 0.119 e. The minimum absolute atomic E-state index is 0.0594. The van der Waals surface area contributed by atoms with Crippen LogP contribution >= 0.6 is 0 Å². The Hall–Kier alpha value is -1.02. The zero-order chi connectivity index (χ0) is 9.60. The van der Waals surface area contributed by atoms with Gasteiger partial charge in [0, 0.05) is 6.42 Å². The number of hydrogen-bond donors (Lipinski definition) is 0. The van der Waals surface area contributed by atoms with Crippen molar-refractivity contribution < 1.29 is 9.47 Å². The Morgan fingerprint density at radius 1 is 1.36 bits per heavy atom. The van der Waals surface area contributed by atoms with Crippen LogP contribution in [0.15, 0.2) is 18.2 Å². The maximum atomic E-state index is 5.75. The van der Waals surface area contributed by atoms with Gasteiger partial charge in [0.1, 0.15) is 5.75 Å². The number of hydrogen-bond acceptors (Lipinski definition) is 2. The Morgan fingerprint density at radius 3 is 2.86 bits per heavy atom. The van der Waals surface area contributed by atoms with Gasteiger partial charge in [-0.25, -0.2) is 0 Å². The first-order valence-corrected chi connectivity index (χ1v) is 5.15. The molecule has 0 saturated carbocycles. The number of methoxy groups -OCH3 is 1. The molecule has 3 rings (SSSR count). The molecule has 0 N–H and O–H groups in total. The molecule has 1 aliphatic heterocycles. The lowest BCUT2D eigenvalue weighted by atomic mass is 9.88. The van der Waals surface area contributed by atoms with Crippen molar-refractivity contribution in [2.75, 3.05) is 13.7 Å². The monoisotopic (exact) mass is 190 g/mol. The summed E-state index contributed by atoms with van der Waals surface area (Å²) in [5.74, 6) is 0.945. The second-order valence-corrected chi connectivity index (χ2v) is 4.12. The zero-order valence-corrected chi connectivity index (χ0v) is 8.38. The number of fused-ring (bicyclic) bond motifs is 2. The standard InChI is InChI=1S/C12H14O2/c1-13-10-3-2-9-4-5-12(6-7-14-12)11(9)8-10/h2-3,8H,4-7H2,1H3. The molecule has 1 aromatic carbocycles. The lowest BCUT2D eigenvalue weighted by Gasteiger charge is -2.39. The van der Waals surface area contributed by atoms with Crippen LogP contribution in [0.1, 0.15) is 24.0 Å². The Kier molecular flexibility index (Phi) is 1.62. The van der Waals surface area contributed by atoms with E-state index < -0.39 is 0 Å². The van der Waals surface area contributed by atoms with Gasteiger partial charge in [-0.3, -0.25) is 0 Å². The lowest BCUT2D eigenvalue weighted by molar-refractivity contribution is -0.152. The SMILES string of the molecule is COc1ccc2c(c1)C1(CCO1)CC2. The van der Waals surface area contributed by atoms with Crippen molar-refractivity contribution in [3.05, 3.63) is 29.3 Å². The van der Waals surface area contributed by atoms with Crippen LogP contribution in [-0.4, -0.2) is 13.7 Å². The van der Waals surface area contributed by atoms with E-state index in [1.165, 1.54) is 17.5 Å². The smallest absolute Gasteiger partial charge is 0.119 e. The van der Waals surface area contributed by atoms with E-state index >= 15 is 0 Å². The summed E-state index contributed by atoms with van der Waals surface area (Å²) in [5.41, 5.74) is 2.86. The summed E-state index contributed by atoms with van der Waals surface area (Å²) in [6.45, 7) is 0.913. The van der Waals surface area contributed by atoms with Crippen molar-refractivity contribution in [3.8, 4) is 5.75 Å². The lowest BCUT2D eigenvalue weighted by Crippen LogP contribution is -2.38. The highest BCUT2D eigenvalue weighted by Crippen LogP contribution is 2.48. The van der Waals surface area contributed by atoms with E-state index in [1.54, 1.807) is 7.11 Å². The van der Waals surface area contributed by atoms with Crippen LogP contribution in [0, 0.1) is 0 Å². The average Bonchev–Trinajstić information content (AvgIpc) is 2.55. The van der Waals surface area contributed by atoms with Crippen LogP contribution in [0.25, 0.3) is 0 Å². The summed E-state index contributed by atoms with van der Waals surface area (Å²) in [6, 6.07) is 6.35. The zero-order valence-electron chi connectivity index (χ0n) is 8.38. The molecule has 1 aliphatic carbocycles. The van der Waals surface area contributed by atoms with Crippen LogP contribution in [0.2, 0.25) is 0 Å². The van der Waals surface area contributed by atoms with Crippen molar-refractivity contribution >= 4 is 0 Å². The molecule has 1 heterocycles.